The van der Waals surface area contributed by atoms with E-state index in [2.05, 4.69) is 9.88 Å². The molecular formula is C18H27N5O3S2. The van der Waals surface area contributed by atoms with Gasteiger partial charge in [-0.25, -0.2) is 4.98 Å². The van der Waals surface area contributed by atoms with Crippen molar-refractivity contribution in [1.29, 1.82) is 0 Å². The Bertz CT molecular complexity index is 973. The topological polar surface area (TPSA) is 78.2 Å². The summed E-state index contributed by atoms with van der Waals surface area (Å²) < 4.78 is 30.7. The van der Waals surface area contributed by atoms with Gasteiger partial charge in [0.1, 0.15) is 0 Å². The second-order valence-electron chi connectivity index (χ2n) is 7.63. The SMILES string of the molecule is CN(C1CCCCC1)S(=O)(=O)N1CCN(Cc2cc(=O)n3ccsc3n2)CC1. The molecule has 28 heavy (non-hydrogen) atoms. The average molecular weight is 426 g/mol. The van der Waals surface area contributed by atoms with Crippen LogP contribution in [0.3, 0.4) is 0 Å². The third-order valence-corrected chi connectivity index (χ3v) is 8.65. The molecule has 0 bridgehead atoms. The Labute approximate surface area is 169 Å². The Morgan fingerprint density at radius 1 is 1.18 bits per heavy atom. The third-order valence-electron chi connectivity index (χ3n) is 5.85. The minimum Gasteiger partial charge on any atom is -0.295 e. The molecule has 0 atom stereocenters. The van der Waals surface area contributed by atoms with E-state index in [-0.39, 0.29) is 11.6 Å². The van der Waals surface area contributed by atoms with Crippen molar-refractivity contribution in [2.24, 2.45) is 0 Å². The van der Waals surface area contributed by atoms with Gasteiger partial charge in [0.05, 0.1) is 5.69 Å². The molecule has 1 aliphatic heterocycles. The number of thiazole rings is 1. The Morgan fingerprint density at radius 2 is 1.89 bits per heavy atom. The predicted molar refractivity (Wildman–Crippen MR) is 110 cm³/mol. The molecule has 3 heterocycles. The van der Waals surface area contributed by atoms with Crippen LogP contribution in [0, 0.1) is 0 Å². The molecule has 2 aromatic heterocycles. The van der Waals surface area contributed by atoms with Crippen molar-refractivity contribution in [3.8, 4) is 0 Å². The van der Waals surface area contributed by atoms with Gasteiger partial charge in [0.15, 0.2) is 4.96 Å². The molecular weight excluding hydrogens is 398 g/mol. The Hall–Kier alpha value is -1.33. The largest absolute Gasteiger partial charge is 0.295 e. The lowest BCUT2D eigenvalue weighted by Crippen LogP contribution is -2.54. The molecule has 2 aliphatic rings. The summed E-state index contributed by atoms with van der Waals surface area (Å²) in [7, 11) is -1.69. The number of piperazine rings is 1. The first-order valence-corrected chi connectivity index (χ1v) is 12.1. The number of aromatic nitrogens is 2. The average Bonchev–Trinajstić information content (AvgIpc) is 3.18. The molecule has 154 valence electrons. The first kappa shape index (κ1) is 20.0. The van der Waals surface area contributed by atoms with Gasteiger partial charge in [-0.2, -0.15) is 17.0 Å². The van der Waals surface area contributed by atoms with E-state index in [0.29, 0.717) is 37.7 Å². The van der Waals surface area contributed by atoms with Crippen LogP contribution in [0.1, 0.15) is 37.8 Å². The maximum Gasteiger partial charge on any atom is 0.282 e. The number of hydrogen-bond acceptors (Lipinski definition) is 6. The standard InChI is InChI=1S/C18H27N5O3S2/c1-20(16-5-3-2-4-6-16)28(25,26)22-9-7-21(8-10-22)14-15-13-17(24)23-11-12-27-18(23)19-15/h11-13,16H,2-10,14H2,1H3. The van der Waals surface area contributed by atoms with Crippen molar-refractivity contribution in [2.45, 2.75) is 44.7 Å². The van der Waals surface area contributed by atoms with Gasteiger partial charge in [-0.3, -0.25) is 14.1 Å². The van der Waals surface area contributed by atoms with E-state index in [4.69, 9.17) is 0 Å². The van der Waals surface area contributed by atoms with Gasteiger partial charge in [-0.1, -0.05) is 19.3 Å². The highest BCUT2D eigenvalue weighted by molar-refractivity contribution is 7.86. The lowest BCUT2D eigenvalue weighted by molar-refractivity contribution is 0.169. The molecule has 1 saturated carbocycles. The fourth-order valence-corrected chi connectivity index (χ4v) is 6.45. The molecule has 10 heteroatoms. The highest BCUT2D eigenvalue weighted by atomic mass is 32.2. The maximum absolute atomic E-state index is 13.0. The van der Waals surface area contributed by atoms with E-state index in [0.717, 1.165) is 31.4 Å². The van der Waals surface area contributed by atoms with E-state index in [1.54, 1.807) is 32.3 Å². The van der Waals surface area contributed by atoms with Crippen LogP contribution in [0.15, 0.2) is 22.4 Å². The van der Waals surface area contributed by atoms with E-state index < -0.39 is 10.2 Å². The number of hydrogen-bond donors (Lipinski definition) is 0. The Morgan fingerprint density at radius 3 is 2.61 bits per heavy atom. The number of rotatable bonds is 5. The smallest absolute Gasteiger partial charge is 0.282 e. The van der Waals surface area contributed by atoms with Crippen molar-refractivity contribution in [3.63, 3.8) is 0 Å². The molecule has 1 aliphatic carbocycles. The van der Waals surface area contributed by atoms with Crippen LogP contribution in [-0.4, -0.2) is 70.6 Å². The summed E-state index contributed by atoms with van der Waals surface area (Å²) in [5.41, 5.74) is 0.666. The van der Waals surface area contributed by atoms with Crippen molar-refractivity contribution < 1.29 is 8.42 Å². The summed E-state index contributed by atoms with van der Waals surface area (Å²) in [5.74, 6) is 0. The second-order valence-corrected chi connectivity index (χ2v) is 10.5. The fourth-order valence-electron chi connectivity index (χ4n) is 4.13. The van der Waals surface area contributed by atoms with Gasteiger partial charge in [0, 0.05) is 63.5 Å². The maximum atomic E-state index is 13.0. The summed E-state index contributed by atoms with van der Waals surface area (Å²) in [5, 5.41) is 1.85. The monoisotopic (exact) mass is 425 g/mol. The van der Waals surface area contributed by atoms with E-state index in [1.165, 1.54) is 17.8 Å². The minimum absolute atomic E-state index is 0.0726. The molecule has 0 N–H and O–H groups in total. The molecule has 8 nitrogen and oxygen atoms in total. The van der Waals surface area contributed by atoms with Gasteiger partial charge < -0.3 is 0 Å². The van der Waals surface area contributed by atoms with E-state index in [9.17, 15) is 13.2 Å². The molecule has 4 rings (SSSR count). The lowest BCUT2D eigenvalue weighted by Gasteiger charge is -2.38. The summed E-state index contributed by atoms with van der Waals surface area (Å²) in [6.45, 7) is 2.79. The molecule has 2 aromatic rings. The zero-order chi connectivity index (χ0) is 19.7. The second kappa shape index (κ2) is 8.19. The first-order chi connectivity index (χ1) is 13.4. The lowest BCUT2D eigenvalue weighted by atomic mass is 9.96. The highest BCUT2D eigenvalue weighted by Crippen LogP contribution is 2.25. The zero-order valence-corrected chi connectivity index (χ0v) is 17.8. The molecule has 0 amide bonds. The van der Waals surface area contributed by atoms with Crippen LogP contribution < -0.4 is 5.56 Å². The quantitative estimate of drug-likeness (QED) is 0.723. The van der Waals surface area contributed by atoms with Crippen molar-refractivity contribution in [3.05, 3.63) is 33.7 Å². The summed E-state index contributed by atoms with van der Waals surface area (Å²) >= 11 is 1.44. The van der Waals surface area contributed by atoms with Crippen LogP contribution in [0.25, 0.3) is 4.96 Å². The Balaban J connectivity index is 1.37. The first-order valence-electron chi connectivity index (χ1n) is 9.86. The molecule has 0 aromatic carbocycles. The van der Waals surface area contributed by atoms with Gasteiger partial charge in [0.2, 0.25) is 0 Å². The highest BCUT2D eigenvalue weighted by Gasteiger charge is 2.34. The zero-order valence-electron chi connectivity index (χ0n) is 16.2. The van der Waals surface area contributed by atoms with Crippen molar-refractivity contribution in [2.75, 3.05) is 33.2 Å². The number of fused-ring (bicyclic) bond motifs is 1. The third kappa shape index (κ3) is 4.02. The van der Waals surface area contributed by atoms with E-state index in [1.807, 2.05) is 5.38 Å². The fraction of sp³-hybridized carbons (Fsp3) is 0.667. The molecule has 2 fully saturated rings. The summed E-state index contributed by atoms with van der Waals surface area (Å²) in [4.78, 5) is 19.5. The minimum atomic E-state index is -3.41. The summed E-state index contributed by atoms with van der Waals surface area (Å²) in [6, 6.07) is 1.70. The van der Waals surface area contributed by atoms with Crippen LogP contribution >= 0.6 is 11.3 Å². The van der Waals surface area contributed by atoms with Gasteiger partial charge in [-0.05, 0) is 12.8 Å². The van der Waals surface area contributed by atoms with Gasteiger partial charge in [-0.15, -0.1) is 11.3 Å². The van der Waals surface area contributed by atoms with Crippen LogP contribution in [0.4, 0.5) is 0 Å². The van der Waals surface area contributed by atoms with Gasteiger partial charge >= 0.3 is 0 Å². The van der Waals surface area contributed by atoms with Crippen molar-refractivity contribution in [1.82, 2.24) is 22.9 Å². The molecule has 0 unspecified atom stereocenters. The van der Waals surface area contributed by atoms with Crippen LogP contribution in [0.2, 0.25) is 0 Å². The van der Waals surface area contributed by atoms with Crippen LogP contribution in [-0.2, 0) is 16.8 Å². The van der Waals surface area contributed by atoms with E-state index >= 15 is 0 Å². The Kier molecular flexibility index (Phi) is 5.84. The normalized spacial score (nSPS) is 20.9. The van der Waals surface area contributed by atoms with Gasteiger partial charge in [0.25, 0.3) is 15.8 Å². The summed E-state index contributed by atoms with van der Waals surface area (Å²) in [6.07, 6.45) is 7.08. The molecule has 0 radical (unpaired) electrons. The predicted octanol–water partition coefficient (Wildman–Crippen LogP) is 1.38. The van der Waals surface area contributed by atoms with Crippen molar-refractivity contribution >= 4 is 26.5 Å². The molecule has 0 spiro atoms. The molecule has 1 saturated heterocycles. The van der Waals surface area contributed by atoms with Crippen LogP contribution in [0.5, 0.6) is 0 Å². The number of nitrogens with zero attached hydrogens (tertiary/aromatic N) is 5.